The molecule has 1 unspecified atom stereocenters. The Morgan fingerprint density at radius 1 is 1.47 bits per heavy atom. The predicted molar refractivity (Wildman–Crippen MR) is 81.1 cm³/mol. The molecule has 0 heterocycles. The van der Waals surface area contributed by atoms with Crippen molar-refractivity contribution in [1.82, 2.24) is 5.32 Å². The molecule has 1 amide bonds. The number of hydrogen-bond acceptors (Lipinski definition) is 2. The minimum absolute atomic E-state index is 0. The van der Waals surface area contributed by atoms with Gasteiger partial charge in [0, 0.05) is 17.1 Å². The lowest BCUT2D eigenvalue weighted by Crippen LogP contribution is -2.41. The molecule has 0 aliphatic carbocycles. The van der Waals surface area contributed by atoms with E-state index >= 15 is 0 Å². The van der Waals surface area contributed by atoms with Gasteiger partial charge in [0.1, 0.15) is 5.82 Å². The lowest BCUT2D eigenvalue weighted by atomic mass is 10.0. The molecule has 0 aliphatic rings. The van der Waals surface area contributed by atoms with E-state index in [1.807, 2.05) is 0 Å². The van der Waals surface area contributed by atoms with Crippen LogP contribution < -0.4 is 11.1 Å². The van der Waals surface area contributed by atoms with Crippen molar-refractivity contribution < 1.29 is 9.18 Å². The molecule has 1 atom stereocenters. The molecule has 0 saturated heterocycles. The lowest BCUT2D eigenvalue weighted by Gasteiger charge is -2.19. The van der Waals surface area contributed by atoms with Crippen LogP contribution in [0.4, 0.5) is 4.39 Å². The number of carbonyl (C=O) groups excluding carboxylic acids is 1. The zero-order chi connectivity index (χ0) is 13.7. The fourth-order valence-corrected chi connectivity index (χ4v) is 2.25. The summed E-state index contributed by atoms with van der Waals surface area (Å²) in [6.45, 7) is 4.54. The molecule has 0 aliphatic heterocycles. The van der Waals surface area contributed by atoms with E-state index in [2.05, 4.69) is 35.1 Å². The summed E-state index contributed by atoms with van der Waals surface area (Å²) in [6, 6.07) is 3.93. The van der Waals surface area contributed by atoms with Gasteiger partial charge in [-0.25, -0.2) is 4.39 Å². The van der Waals surface area contributed by atoms with Crippen molar-refractivity contribution in [2.24, 2.45) is 11.7 Å². The van der Waals surface area contributed by atoms with Crippen LogP contribution in [0.5, 0.6) is 0 Å². The smallest absolute Gasteiger partial charge is 0.252 e. The number of rotatable bonds is 5. The van der Waals surface area contributed by atoms with Crippen LogP contribution >= 0.6 is 28.3 Å². The predicted octanol–water partition coefficient (Wildman–Crippen LogP) is 3.11. The summed E-state index contributed by atoms with van der Waals surface area (Å²) in [4.78, 5) is 12.0. The van der Waals surface area contributed by atoms with E-state index in [-0.39, 0.29) is 30.2 Å². The second kappa shape index (κ2) is 8.51. The zero-order valence-electron chi connectivity index (χ0n) is 11.0. The van der Waals surface area contributed by atoms with E-state index in [9.17, 15) is 9.18 Å². The van der Waals surface area contributed by atoms with Gasteiger partial charge in [-0.1, -0.05) is 13.8 Å². The first-order valence-corrected chi connectivity index (χ1v) is 6.69. The van der Waals surface area contributed by atoms with Gasteiger partial charge in [-0.3, -0.25) is 4.79 Å². The van der Waals surface area contributed by atoms with Gasteiger partial charge in [0.25, 0.3) is 5.91 Å². The third kappa shape index (κ3) is 5.89. The number of amides is 1. The summed E-state index contributed by atoms with van der Waals surface area (Å²) in [7, 11) is 0. The molecule has 0 bridgehead atoms. The third-order valence-corrected chi connectivity index (χ3v) is 3.21. The second-order valence-electron chi connectivity index (χ2n) is 4.66. The molecule has 1 aromatic rings. The molecule has 0 radical (unpaired) electrons. The van der Waals surface area contributed by atoms with Crippen LogP contribution in [0, 0.1) is 11.7 Å². The maximum Gasteiger partial charge on any atom is 0.252 e. The van der Waals surface area contributed by atoms with Crippen molar-refractivity contribution in [3.05, 3.63) is 34.1 Å². The Morgan fingerprint density at radius 2 is 2.11 bits per heavy atom. The van der Waals surface area contributed by atoms with E-state index < -0.39 is 0 Å². The maximum absolute atomic E-state index is 12.9. The van der Waals surface area contributed by atoms with Crippen LogP contribution in [0.2, 0.25) is 0 Å². The molecule has 0 aromatic heterocycles. The van der Waals surface area contributed by atoms with Crippen molar-refractivity contribution in [1.29, 1.82) is 0 Å². The SMILES string of the molecule is CC(C)CC(CN)NC(=O)c1ccc(F)cc1Br.Cl. The molecular weight excluding hydrogens is 335 g/mol. The van der Waals surface area contributed by atoms with Crippen LogP contribution in [-0.2, 0) is 0 Å². The van der Waals surface area contributed by atoms with Crippen LogP contribution in [-0.4, -0.2) is 18.5 Å². The quantitative estimate of drug-likeness (QED) is 0.854. The van der Waals surface area contributed by atoms with E-state index in [1.54, 1.807) is 0 Å². The zero-order valence-corrected chi connectivity index (χ0v) is 13.4. The fraction of sp³-hybridized carbons (Fsp3) is 0.462. The Balaban J connectivity index is 0.00000324. The molecule has 0 saturated carbocycles. The van der Waals surface area contributed by atoms with Crippen LogP contribution in [0.15, 0.2) is 22.7 Å². The molecule has 0 fully saturated rings. The molecule has 3 nitrogen and oxygen atoms in total. The number of halogens is 3. The van der Waals surface area contributed by atoms with E-state index in [0.717, 1.165) is 6.42 Å². The summed E-state index contributed by atoms with van der Waals surface area (Å²) in [6.07, 6.45) is 0.820. The van der Waals surface area contributed by atoms with E-state index in [0.29, 0.717) is 22.5 Å². The Morgan fingerprint density at radius 3 is 2.58 bits per heavy atom. The number of nitrogens with one attached hydrogen (secondary N) is 1. The van der Waals surface area contributed by atoms with Gasteiger partial charge in [0.2, 0.25) is 0 Å². The van der Waals surface area contributed by atoms with Gasteiger partial charge >= 0.3 is 0 Å². The average molecular weight is 354 g/mol. The molecule has 3 N–H and O–H groups in total. The van der Waals surface area contributed by atoms with Crippen molar-refractivity contribution in [3.8, 4) is 0 Å². The van der Waals surface area contributed by atoms with Crippen LogP contribution in [0.1, 0.15) is 30.6 Å². The van der Waals surface area contributed by atoms with Gasteiger partial charge in [0.15, 0.2) is 0 Å². The minimum Gasteiger partial charge on any atom is -0.348 e. The molecule has 108 valence electrons. The number of nitrogens with two attached hydrogens (primary N) is 1. The highest BCUT2D eigenvalue weighted by Crippen LogP contribution is 2.18. The average Bonchev–Trinajstić information content (AvgIpc) is 2.27. The van der Waals surface area contributed by atoms with Gasteiger partial charge in [-0.15, -0.1) is 12.4 Å². The maximum atomic E-state index is 12.9. The summed E-state index contributed by atoms with van der Waals surface area (Å²) in [5.41, 5.74) is 6.04. The number of carbonyl (C=O) groups is 1. The summed E-state index contributed by atoms with van der Waals surface area (Å²) in [5, 5.41) is 2.86. The van der Waals surface area contributed by atoms with E-state index in [4.69, 9.17) is 5.73 Å². The first kappa shape index (κ1) is 18.4. The molecule has 0 spiro atoms. The van der Waals surface area contributed by atoms with Gasteiger partial charge < -0.3 is 11.1 Å². The van der Waals surface area contributed by atoms with Gasteiger partial charge in [-0.2, -0.15) is 0 Å². The largest absolute Gasteiger partial charge is 0.348 e. The number of benzene rings is 1. The topological polar surface area (TPSA) is 55.1 Å². The molecular formula is C13H19BrClFN2O. The van der Waals surface area contributed by atoms with Crippen molar-refractivity contribution >= 4 is 34.2 Å². The van der Waals surface area contributed by atoms with Crippen LogP contribution in [0.25, 0.3) is 0 Å². The minimum atomic E-state index is -0.379. The fourth-order valence-electron chi connectivity index (χ4n) is 1.72. The van der Waals surface area contributed by atoms with Crippen molar-refractivity contribution in [2.45, 2.75) is 26.3 Å². The highest BCUT2D eigenvalue weighted by atomic mass is 79.9. The van der Waals surface area contributed by atoms with E-state index in [1.165, 1.54) is 18.2 Å². The molecule has 6 heteroatoms. The Hall–Kier alpha value is -0.650. The summed E-state index contributed by atoms with van der Waals surface area (Å²) >= 11 is 3.18. The summed E-state index contributed by atoms with van der Waals surface area (Å²) in [5.74, 6) is -0.163. The Labute approximate surface area is 127 Å². The lowest BCUT2D eigenvalue weighted by molar-refractivity contribution is 0.0933. The Bertz CT molecular complexity index is 429. The first-order chi connectivity index (χ1) is 8.43. The van der Waals surface area contributed by atoms with Crippen molar-refractivity contribution in [3.63, 3.8) is 0 Å². The second-order valence-corrected chi connectivity index (χ2v) is 5.51. The third-order valence-electron chi connectivity index (χ3n) is 2.55. The normalized spacial score (nSPS) is 11.9. The molecule has 1 aromatic carbocycles. The standard InChI is InChI=1S/C13H18BrFN2O.ClH/c1-8(2)5-10(7-16)17-13(18)11-4-3-9(15)6-12(11)14;/h3-4,6,8,10H,5,7,16H2,1-2H3,(H,17,18);1H. The molecule has 1 rings (SSSR count). The first-order valence-electron chi connectivity index (χ1n) is 5.90. The van der Waals surface area contributed by atoms with Gasteiger partial charge in [0.05, 0.1) is 5.56 Å². The monoisotopic (exact) mass is 352 g/mol. The van der Waals surface area contributed by atoms with Crippen molar-refractivity contribution in [2.75, 3.05) is 6.54 Å². The van der Waals surface area contributed by atoms with Crippen LogP contribution in [0.3, 0.4) is 0 Å². The highest BCUT2D eigenvalue weighted by molar-refractivity contribution is 9.10. The number of hydrogen-bond donors (Lipinski definition) is 2. The Kier molecular flexibility index (Phi) is 8.22. The molecule has 19 heavy (non-hydrogen) atoms. The van der Waals surface area contributed by atoms with Gasteiger partial charge in [-0.05, 0) is 46.5 Å². The highest BCUT2D eigenvalue weighted by Gasteiger charge is 2.16. The summed E-state index contributed by atoms with van der Waals surface area (Å²) < 4.78 is 13.4.